The maximum absolute atomic E-state index is 12.6. The van der Waals surface area contributed by atoms with Crippen molar-refractivity contribution in [1.29, 1.82) is 0 Å². The van der Waals surface area contributed by atoms with E-state index >= 15 is 0 Å². The number of nitrogens with zero attached hydrogens (tertiary/aromatic N) is 4. The maximum Gasteiger partial charge on any atom is 0.255 e. The van der Waals surface area contributed by atoms with E-state index in [-0.39, 0.29) is 5.91 Å². The zero-order valence-electron chi connectivity index (χ0n) is 15.2. The smallest absolute Gasteiger partial charge is 0.255 e. The van der Waals surface area contributed by atoms with Crippen LogP contribution in [0.1, 0.15) is 21.6 Å². The van der Waals surface area contributed by atoms with Crippen LogP contribution in [0.25, 0.3) is 11.4 Å². The summed E-state index contributed by atoms with van der Waals surface area (Å²) < 4.78 is 3.50. The van der Waals surface area contributed by atoms with Gasteiger partial charge in [0.25, 0.3) is 5.91 Å². The van der Waals surface area contributed by atoms with Crippen LogP contribution in [0.15, 0.2) is 73.2 Å². The van der Waals surface area contributed by atoms with Gasteiger partial charge in [-0.3, -0.25) is 4.79 Å². The molecule has 1 N–H and O–H groups in total. The summed E-state index contributed by atoms with van der Waals surface area (Å²) in [5, 5.41) is 12.3. The molecule has 0 aliphatic heterocycles. The van der Waals surface area contributed by atoms with Crippen LogP contribution in [0, 0.1) is 6.92 Å². The molecule has 4 rings (SSSR count). The van der Waals surface area contributed by atoms with E-state index in [2.05, 4.69) is 15.5 Å². The van der Waals surface area contributed by atoms with Crippen molar-refractivity contribution in [2.24, 2.45) is 0 Å². The topological polar surface area (TPSA) is 64.7 Å². The summed E-state index contributed by atoms with van der Waals surface area (Å²) in [5.41, 5.74) is 4.07. The third-order valence-electron chi connectivity index (χ3n) is 4.44. The fourth-order valence-corrected chi connectivity index (χ4v) is 3.05. The Morgan fingerprint density at radius 1 is 1.00 bits per heavy atom. The molecule has 4 aromatic rings. The van der Waals surface area contributed by atoms with Crippen molar-refractivity contribution in [2.45, 2.75) is 13.5 Å². The third kappa shape index (κ3) is 3.68. The lowest BCUT2D eigenvalue weighted by molar-refractivity contribution is 0.0950. The number of amides is 1. The van der Waals surface area contributed by atoms with Crippen LogP contribution in [0.2, 0.25) is 5.02 Å². The second-order valence-corrected chi connectivity index (χ2v) is 6.78. The van der Waals surface area contributed by atoms with Crippen LogP contribution in [-0.4, -0.2) is 25.5 Å². The van der Waals surface area contributed by atoms with Gasteiger partial charge in [0, 0.05) is 23.3 Å². The van der Waals surface area contributed by atoms with Gasteiger partial charge in [0.15, 0.2) is 0 Å². The van der Waals surface area contributed by atoms with Gasteiger partial charge in [0.05, 0.1) is 35.0 Å². The van der Waals surface area contributed by atoms with Gasteiger partial charge in [-0.15, -0.1) is 0 Å². The van der Waals surface area contributed by atoms with Gasteiger partial charge in [-0.1, -0.05) is 29.8 Å². The molecule has 0 saturated heterocycles. The SMILES string of the molecule is Cc1c(C(=O)NCc2cnn(-c3ccc(Cl)cc3)c2)cnn1-c1ccccc1. The van der Waals surface area contributed by atoms with E-state index in [4.69, 9.17) is 11.6 Å². The number of rotatable bonds is 5. The molecule has 7 heteroatoms. The Morgan fingerprint density at radius 3 is 2.50 bits per heavy atom. The average molecular weight is 392 g/mol. The van der Waals surface area contributed by atoms with E-state index in [9.17, 15) is 4.79 Å². The number of nitrogens with one attached hydrogen (secondary N) is 1. The fourth-order valence-electron chi connectivity index (χ4n) is 2.93. The molecule has 2 aromatic carbocycles. The minimum absolute atomic E-state index is 0.168. The predicted octanol–water partition coefficient (Wildman–Crippen LogP) is 3.95. The van der Waals surface area contributed by atoms with Crippen molar-refractivity contribution in [3.63, 3.8) is 0 Å². The Balaban J connectivity index is 1.44. The summed E-state index contributed by atoms with van der Waals surface area (Å²) in [4.78, 5) is 12.6. The van der Waals surface area contributed by atoms with Crippen LogP contribution in [0.5, 0.6) is 0 Å². The third-order valence-corrected chi connectivity index (χ3v) is 4.69. The van der Waals surface area contributed by atoms with E-state index in [0.29, 0.717) is 17.1 Å². The van der Waals surface area contributed by atoms with Gasteiger partial charge >= 0.3 is 0 Å². The summed E-state index contributed by atoms with van der Waals surface area (Å²) in [7, 11) is 0. The first kappa shape index (κ1) is 18.0. The van der Waals surface area contributed by atoms with Crippen molar-refractivity contribution >= 4 is 17.5 Å². The van der Waals surface area contributed by atoms with Crippen molar-refractivity contribution in [3.8, 4) is 11.4 Å². The zero-order chi connectivity index (χ0) is 19.5. The van der Waals surface area contributed by atoms with Crippen molar-refractivity contribution in [2.75, 3.05) is 0 Å². The van der Waals surface area contributed by atoms with Gasteiger partial charge in [-0.2, -0.15) is 10.2 Å². The lowest BCUT2D eigenvalue weighted by atomic mass is 10.2. The van der Waals surface area contributed by atoms with Gasteiger partial charge in [-0.05, 0) is 43.3 Å². The van der Waals surface area contributed by atoms with Crippen LogP contribution >= 0.6 is 11.6 Å². The molecule has 0 atom stereocenters. The lowest BCUT2D eigenvalue weighted by Crippen LogP contribution is -2.23. The Morgan fingerprint density at radius 2 is 1.75 bits per heavy atom. The molecular formula is C21H18ClN5O. The van der Waals surface area contributed by atoms with Gasteiger partial charge in [0.2, 0.25) is 0 Å². The largest absolute Gasteiger partial charge is 0.348 e. The number of para-hydroxylation sites is 1. The Labute approximate surface area is 167 Å². The molecule has 0 radical (unpaired) electrons. The molecule has 2 aromatic heterocycles. The maximum atomic E-state index is 12.6. The Hall–Kier alpha value is -3.38. The van der Waals surface area contributed by atoms with Crippen molar-refractivity contribution < 1.29 is 4.79 Å². The summed E-state index contributed by atoms with van der Waals surface area (Å²) in [6.07, 6.45) is 5.20. The molecule has 0 aliphatic carbocycles. The van der Waals surface area contributed by atoms with Crippen LogP contribution in [-0.2, 0) is 6.54 Å². The van der Waals surface area contributed by atoms with Crippen LogP contribution in [0.3, 0.4) is 0 Å². The van der Waals surface area contributed by atoms with Gasteiger partial charge in [0.1, 0.15) is 0 Å². The molecular weight excluding hydrogens is 374 g/mol. The average Bonchev–Trinajstić information content (AvgIpc) is 3.34. The highest BCUT2D eigenvalue weighted by molar-refractivity contribution is 6.30. The van der Waals surface area contributed by atoms with E-state index in [1.807, 2.05) is 67.7 Å². The zero-order valence-corrected chi connectivity index (χ0v) is 16.0. The highest BCUT2D eigenvalue weighted by atomic mass is 35.5. The molecule has 140 valence electrons. The minimum Gasteiger partial charge on any atom is -0.348 e. The van der Waals surface area contributed by atoms with Gasteiger partial charge in [-0.25, -0.2) is 9.36 Å². The number of hydrogen-bond acceptors (Lipinski definition) is 3. The number of carbonyl (C=O) groups is 1. The van der Waals surface area contributed by atoms with Crippen LogP contribution < -0.4 is 5.32 Å². The summed E-state index contributed by atoms with van der Waals surface area (Å²) in [6.45, 7) is 2.26. The molecule has 0 aliphatic rings. The second-order valence-electron chi connectivity index (χ2n) is 6.34. The van der Waals surface area contributed by atoms with Crippen LogP contribution in [0.4, 0.5) is 0 Å². The molecule has 6 nitrogen and oxygen atoms in total. The molecule has 0 saturated carbocycles. The molecule has 0 bridgehead atoms. The second kappa shape index (κ2) is 7.70. The molecule has 1 amide bonds. The number of halogens is 1. The molecule has 0 fully saturated rings. The van der Waals surface area contributed by atoms with E-state index in [1.54, 1.807) is 21.8 Å². The van der Waals surface area contributed by atoms with E-state index < -0.39 is 0 Å². The molecule has 0 spiro atoms. The lowest BCUT2D eigenvalue weighted by Gasteiger charge is -2.06. The predicted molar refractivity (Wildman–Crippen MR) is 108 cm³/mol. The first-order valence-corrected chi connectivity index (χ1v) is 9.17. The molecule has 28 heavy (non-hydrogen) atoms. The Bertz CT molecular complexity index is 1100. The fraction of sp³-hybridized carbons (Fsp3) is 0.0952. The number of aromatic nitrogens is 4. The van der Waals surface area contributed by atoms with Gasteiger partial charge < -0.3 is 5.32 Å². The first-order valence-electron chi connectivity index (χ1n) is 8.79. The van der Waals surface area contributed by atoms with E-state index in [0.717, 1.165) is 22.6 Å². The highest BCUT2D eigenvalue weighted by Crippen LogP contribution is 2.15. The molecule has 0 unspecified atom stereocenters. The van der Waals surface area contributed by atoms with E-state index in [1.165, 1.54) is 0 Å². The number of benzene rings is 2. The summed E-state index contributed by atoms with van der Waals surface area (Å²) >= 11 is 5.92. The first-order chi connectivity index (χ1) is 13.6. The minimum atomic E-state index is -0.168. The summed E-state index contributed by atoms with van der Waals surface area (Å²) in [5.74, 6) is -0.168. The van der Waals surface area contributed by atoms with Crippen molar-refractivity contribution in [3.05, 3.63) is 95.0 Å². The standard InChI is InChI=1S/C21H18ClN5O/c1-15-20(13-25-27(15)19-5-3-2-4-6-19)21(28)23-11-16-12-24-26(14-16)18-9-7-17(22)8-10-18/h2-10,12-14H,11H2,1H3,(H,23,28). The highest BCUT2D eigenvalue weighted by Gasteiger charge is 2.15. The number of carbonyl (C=O) groups excluding carboxylic acids is 1. The molecule has 2 heterocycles. The Kier molecular flexibility index (Phi) is 4.95. The quantitative estimate of drug-likeness (QED) is 0.560. The summed E-state index contributed by atoms with van der Waals surface area (Å²) in [6, 6.07) is 17.1. The van der Waals surface area contributed by atoms with Crippen molar-refractivity contribution in [1.82, 2.24) is 24.9 Å². The normalized spacial score (nSPS) is 10.8. The number of hydrogen-bond donors (Lipinski definition) is 1. The monoisotopic (exact) mass is 391 g/mol.